The van der Waals surface area contributed by atoms with Gasteiger partial charge in [0, 0.05) is 18.4 Å². The van der Waals surface area contributed by atoms with Crippen molar-refractivity contribution in [3.63, 3.8) is 0 Å². The first-order valence-corrected chi connectivity index (χ1v) is 7.07. The monoisotopic (exact) mass is 260 g/mol. The van der Waals surface area contributed by atoms with E-state index in [4.69, 9.17) is 0 Å². The zero-order valence-corrected chi connectivity index (χ0v) is 11.9. The second kappa shape index (κ2) is 6.62. The summed E-state index contributed by atoms with van der Waals surface area (Å²) < 4.78 is 0. The number of allylic oxidation sites excluding steroid dienone is 2. The van der Waals surface area contributed by atoms with Gasteiger partial charge in [-0.1, -0.05) is 6.08 Å². The first-order chi connectivity index (χ1) is 9.16. The molecule has 1 saturated heterocycles. The van der Waals surface area contributed by atoms with E-state index >= 15 is 0 Å². The number of nitrogens with one attached hydrogen (secondary N) is 1. The van der Waals surface area contributed by atoms with Gasteiger partial charge in [-0.15, -0.1) is 0 Å². The lowest BCUT2D eigenvalue weighted by molar-refractivity contribution is 0.377. The first kappa shape index (κ1) is 13.9. The third-order valence-electron chi connectivity index (χ3n) is 3.97. The summed E-state index contributed by atoms with van der Waals surface area (Å²) in [5.74, 6) is 1.14. The summed E-state index contributed by atoms with van der Waals surface area (Å²) in [4.78, 5) is 2.17. The number of aromatic hydroxyl groups is 1. The summed E-state index contributed by atoms with van der Waals surface area (Å²) >= 11 is 0. The number of hydrogen-bond donors (Lipinski definition) is 2. The van der Waals surface area contributed by atoms with E-state index in [1.807, 2.05) is 12.1 Å². The van der Waals surface area contributed by atoms with E-state index in [1.54, 1.807) is 12.1 Å². The molecule has 0 saturated carbocycles. The number of rotatable bonds is 4. The molecule has 0 aliphatic carbocycles. The van der Waals surface area contributed by atoms with Crippen LogP contribution in [0.2, 0.25) is 0 Å². The molecule has 0 bridgehead atoms. The summed E-state index contributed by atoms with van der Waals surface area (Å²) in [6.45, 7) is 4.46. The van der Waals surface area contributed by atoms with Crippen molar-refractivity contribution in [2.24, 2.45) is 5.92 Å². The van der Waals surface area contributed by atoms with Crippen LogP contribution in [0.15, 0.2) is 36.0 Å². The van der Waals surface area contributed by atoms with Crippen molar-refractivity contribution in [2.75, 3.05) is 25.0 Å². The predicted molar refractivity (Wildman–Crippen MR) is 80.5 cm³/mol. The molecule has 3 nitrogen and oxygen atoms in total. The highest BCUT2D eigenvalue weighted by molar-refractivity contribution is 5.52. The van der Waals surface area contributed by atoms with Crippen LogP contribution < -0.4 is 10.2 Å². The number of phenols is 1. The third-order valence-corrected chi connectivity index (χ3v) is 3.97. The molecule has 1 aliphatic rings. The van der Waals surface area contributed by atoms with Gasteiger partial charge in [0.2, 0.25) is 0 Å². The van der Waals surface area contributed by atoms with Crippen LogP contribution in [-0.2, 0) is 0 Å². The normalized spacial score (nSPS) is 17.5. The van der Waals surface area contributed by atoms with E-state index in [0.29, 0.717) is 5.75 Å². The van der Waals surface area contributed by atoms with E-state index in [2.05, 4.69) is 30.3 Å². The van der Waals surface area contributed by atoms with Gasteiger partial charge in [-0.3, -0.25) is 0 Å². The second-order valence-corrected chi connectivity index (χ2v) is 5.35. The fraction of sp³-hybridized carbons (Fsp3) is 0.500. The van der Waals surface area contributed by atoms with Crippen molar-refractivity contribution < 1.29 is 5.11 Å². The van der Waals surface area contributed by atoms with Gasteiger partial charge in [-0.2, -0.15) is 0 Å². The molecule has 0 unspecified atom stereocenters. The van der Waals surface area contributed by atoms with Crippen molar-refractivity contribution in [1.29, 1.82) is 0 Å². The zero-order chi connectivity index (χ0) is 13.7. The molecule has 0 radical (unpaired) electrons. The highest BCUT2D eigenvalue weighted by Gasteiger charge is 2.12. The van der Waals surface area contributed by atoms with E-state index in [-0.39, 0.29) is 0 Å². The largest absolute Gasteiger partial charge is 0.508 e. The highest BCUT2D eigenvalue weighted by Crippen LogP contribution is 2.22. The zero-order valence-electron chi connectivity index (χ0n) is 11.9. The standard InChI is InChI=1S/C16H24N2O/c1-13(3-4-14-9-11-17-12-10-14)18(2)15-5-7-16(19)8-6-15/h3,5-8,14,17,19H,4,9-12H2,1-2H3/b13-3-. The van der Waals surface area contributed by atoms with Crippen LogP contribution in [-0.4, -0.2) is 25.2 Å². The molecule has 0 aromatic heterocycles. The number of anilines is 1. The Hall–Kier alpha value is -1.48. The maximum atomic E-state index is 9.31. The van der Waals surface area contributed by atoms with Crippen molar-refractivity contribution in [1.82, 2.24) is 5.32 Å². The predicted octanol–water partition coefficient (Wildman–Crippen LogP) is 3.12. The lowest BCUT2D eigenvalue weighted by Gasteiger charge is -2.23. The summed E-state index contributed by atoms with van der Waals surface area (Å²) in [5.41, 5.74) is 2.38. The van der Waals surface area contributed by atoms with Crippen LogP contribution in [0, 0.1) is 5.92 Å². The molecule has 1 fully saturated rings. The Balaban J connectivity index is 1.93. The average Bonchev–Trinajstić information content (AvgIpc) is 2.46. The molecule has 1 heterocycles. The number of piperidine rings is 1. The van der Waals surface area contributed by atoms with Crippen molar-refractivity contribution in [3.05, 3.63) is 36.0 Å². The first-order valence-electron chi connectivity index (χ1n) is 7.07. The van der Waals surface area contributed by atoms with Gasteiger partial charge >= 0.3 is 0 Å². The van der Waals surface area contributed by atoms with Crippen LogP contribution >= 0.6 is 0 Å². The second-order valence-electron chi connectivity index (χ2n) is 5.35. The van der Waals surface area contributed by atoms with Crippen molar-refractivity contribution in [3.8, 4) is 5.75 Å². The average molecular weight is 260 g/mol. The molecule has 104 valence electrons. The minimum atomic E-state index is 0.313. The molecule has 2 N–H and O–H groups in total. The lowest BCUT2D eigenvalue weighted by atomic mass is 9.94. The Bertz CT molecular complexity index is 419. The molecule has 0 atom stereocenters. The molecule has 0 amide bonds. The van der Waals surface area contributed by atoms with E-state index in [9.17, 15) is 5.11 Å². The maximum absolute atomic E-state index is 9.31. The van der Waals surface area contributed by atoms with E-state index < -0.39 is 0 Å². The number of phenolic OH excluding ortho intramolecular Hbond substituents is 1. The summed E-state index contributed by atoms with van der Waals surface area (Å²) in [5, 5.41) is 12.7. The molecule has 3 heteroatoms. The molecular formula is C16H24N2O. The fourth-order valence-corrected chi connectivity index (χ4v) is 2.47. The third kappa shape index (κ3) is 4.00. The molecule has 1 aromatic carbocycles. The van der Waals surface area contributed by atoms with Gasteiger partial charge in [-0.25, -0.2) is 0 Å². The van der Waals surface area contributed by atoms with Gasteiger partial charge in [-0.05, 0) is 69.5 Å². The number of nitrogens with zero attached hydrogens (tertiary/aromatic N) is 1. The van der Waals surface area contributed by atoms with Crippen LogP contribution in [0.5, 0.6) is 5.75 Å². The minimum absolute atomic E-state index is 0.313. The maximum Gasteiger partial charge on any atom is 0.115 e. The fourth-order valence-electron chi connectivity index (χ4n) is 2.47. The summed E-state index contributed by atoms with van der Waals surface area (Å²) in [6.07, 6.45) is 6.07. The highest BCUT2D eigenvalue weighted by atomic mass is 16.3. The van der Waals surface area contributed by atoms with Crippen molar-refractivity contribution >= 4 is 5.69 Å². The Labute approximate surface area is 115 Å². The Morgan fingerprint density at radius 1 is 1.32 bits per heavy atom. The van der Waals surface area contributed by atoms with Gasteiger partial charge in [0.25, 0.3) is 0 Å². The molecule has 1 aliphatic heterocycles. The van der Waals surface area contributed by atoms with Gasteiger partial charge in [0.1, 0.15) is 5.75 Å². The lowest BCUT2D eigenvalue weighted by Crippen LogP contribution is -2.27. The number of benzene rings is 1. The van der Waals surface area contributed by atoms with Crippen LogP contribution in [0.3, 0.4) is 0 Å². The van der Waals surface area contributed by atoms with Crippen LogP contribution in [0.1, 0.15) is 26.2 Å². The van der Waals surface area contributed by atoms with E-state index in [0.717, 1.165) is 31.1 Å². The van der Waals surface area contributed by atoms with Gasteiger partial charge in [0.05, 0.1) is 0 Å². The smallest absolute Gasteiger partial charge is 0.115 e. The summed E-state index contributed by atoms with van der Waals surface area (Å²) in [7, 11) is 2.07. The molecule has 1 aromatic rings. The number of hydrogen-bond acceptors (Lipinski definition) is 3. The topological polar surface area (TPSA) is 35.5 Å². The SMILES string of the molecule is C/C(=C/CC1CCNCC1)N(C)c1ccc(O)cc1. The minimum Gasteiger partial charge on any atom is -0.508 e. The Kier molecular flexibility index (Phi) is 4.86. The molecule has 0 spiro atoms. The Morgan fingerprint density at radius 2 is 1.95 bits per heavy atom. The quantitative estimate of drug-likeness (QED) is 0.873. The van der Waals surface area contributed by atoms with Crippen molar-refractivity contribution in [2.45, 2.75) is 26.2 Å². The van der Waals surface area contributed by atoms with Gasteiger partial charge < -0.3 is 15.3 Å². The molecule has 19 heavy (non-hydrogen) atoms. The Morgan fingerprint density at radius 3 is 2.58 bits per heavy atom. The molecular weight excluding hydrogens is 236 g/mol. The van der Waals surface area contributed by atoms with Crippen LogP contribution in [0.25, 0.3) is 0 Å². The van der Waals surface area contributed by atoms with Crippen LogP contribution in [0.4, 0.5) is 5.69 Å². The van der Waals surface area contributed by atoms with Gasteiger partial charge in [0.15, 0.2) is 0 Å². The molecule has 2 rings (SSSR count). The van der Waals surface area contributed by atoms with E-state index in [1.165, 1.54) is 18.5 Å². The summed E-state index contributed by atoms with van der Waals surface area (Å²) in [6, 6.07) is 7.34.